The molecular formula is C21H24ClN3O4S. The zero-order valence-corrected chi connectivity index (χ0v) is 18.6. The molecule has 160 valence electrons. The van der Waals surface area contributed by atoms with Crippen molar-refractivity contribution in [1.29, 1.82) is 0 Å². The first-order chi connectivity index (χ1) is 14.3. The van der Waals surface area contributed by atoms with Crippen molar-refractivity contribution in [3.05, 3.63) is 47.0 Å². The zero-order valence-electron chi connectivity index (χ0n) is 17.0. The van der Waals surface area contributed by atoms with E-state index in [1.807, 2.05) is 25.1 Å². The number of rotatable bonds is 7. The summed E-state index contributed by atoms with van der Waals surface area (Å²) < 4.78 is 16.3. The van der Waals surface area contributed by atoms with Gasteiger partial charge in [0.15, 0.2) is 11.8 Å². The number of nitrogens with one attached hydrogen (secondary N) is 1. The number of methoxy groups -OCH3 is 2. The molecule has 1 atom stereocenters. The molecule has 0 fully saturated rings. The number of nitrogens with two attached hydrogens (primary N) is 1. The Morgan fingerprint density at radius 3 is 2.60 bits per heavy atom. The van der Waals surface area contributed by atoms with Crippen LogP contribution in [-0.2, 0) is 10.3 Å². The molecule has 0 aliphatic carbocycles. The maximum absolute atomic E-state index is 12.5. The number of thioether (sulfide) groups is 1. The van der Waals surface area contributed by atoms with Crippen LogP contribution in [0, 0.1) is 0 Å². The smallest absolute Gasteiger partial charge is 0.262 e. The van der Waals surface area contributed by atoms with E-state index < -0.39 is 5.54 Å². The summed E-state index contributed by atoms with van der Waals surface area (Å²) >= 11 is 7.60. The standard InChI is InChI=1S/C21H24ClN3O4S/c1-21(7-8-30-20(23)25-21)13-5-4-6-15(9-13)29-12-18(26)24-19-16(27-2)10-14(22)11-17(19)28-3/h4-6,9-11H,7-8,12H2,1-3H3,(H2,23,25)(H,24,26). The molecule has 1 aliphatic rings. The number of amidine groups is 1. The molecule has 9 heteroatoms. The van der Waals surface area contributed by atoms with Gasteiger partial charge in [-0.05, 0) is 31.0 Å². The Morgan fingerprint density at radius 1 is 1.27 bits per heavy atom. The average molecular weight is 450 g/mol. The summed E-state index contributed by atoms with van der Waals surface area (Å²) in [7, 11) is 2.98. The number of carbonyl (C=O) groups is 1. The molecule has 7 nitrogen and oxygen atoms in total. The second-order valence-corrected chi connectivity index (χ2v) is 8.42. The highest BCUT2D eigenvalue weighted by Crippen LogP contribution is 2.38. The molecule has 2 aromatic rings. The van der Waals surface area contributed by atoms with Gasteiger partial charge in [-0.2, -0.15) is 0 Å². The normalized spacial score (nSPS) is 18.3. The molecule has 3 N–H and O–H groups in total. The van der Waals surface area contributed by atoms with Gasteiger partial charge in [-0.1, -0.05) is 35.5 Å². The number of hydrogen-bond acceptors (Lipinski definition) is 7. The molecule has 0 radical (unpaired) electrons. The first kappa shape index (κ1) is 22.1. The van der Waals surface area contributed by atoms with Crippen LogP contribution in [-0.4, -0.2) is 37.7 Å². The molecule has 1 unspecified atom stereocenters. The molecule has 0 spiro atoms. The number of carbonyl (C=O) groups excluding carboxylic acids is 1. The van der Waals surface area contributed by atoms with Crippen LogP contribution in [0.25, 0.3) is 0 Å². The van der Waals surface area contributed by atoms with Crippen LogP contribution in [0.2, 0.25) is 5.02 Å². The third-order valence-electron chi connectivity index (χ3n) is 4.76. The van der Waals surface area contributed by atoms with Crippen LogP contribution < -0.4 is 25.3 Å². The van der Waals surface area contributed by atoms with Crippen LogP contribution in [0.3, 0.4) is 0 Å². The number of benzene rings is 2. The number of amides is 1. The van der Waals surface area contributed by atoms with E-state index in [2.05, 4.69) is 10.3 Å². The number of anilines is 1. The molecule has 2 aromatic carbocycles. The van der Waals surface area contributed by atoms with Gasteiger partial charge in [0.05, 0.1) is 19.8 Å². The van der Waals surface area contributed by atoms with E-state index in [-0.39, 0.29) is 12.5 Å². The Morgan fingerprint density at radius 2 is 1.97 bits per heavy atom. The summed E-state index contributed by atoms with van der Waals surface area (Å²) in [6, 6.07) is 10.8. The highest BCUT2D eigenvalue weighted by atomic mass is 35.5. The van der Waals surface area contributed by atoms with Gasteiger partial charge in [-0.3, -0.25) is 9.79 Å². The number of ether oxygens (including phenoxy) is 3. The van der Waals surface area contributed by atoms with Crippen molar-refractivity contribution in [3.8, 4) is 17.2 Å². The van der Waals surface area contributed by atoms with Gasteiger partial charge in [0.1, 0.15) is 22.9 Å². The lowest BCUT2D eigenvalue weighted by Gasteiger charge is -2.30. The molecule has 0 saturated heterocycles. The van der Waals surface area contributed by atoms with Gasteiger partial charge in [0, 0.05) is 22.9 Å². The first-order valence-electron chi connectivity index (χ1n) is 9.27. The molecule has 1 amide bonds. The second-order valence-electron chi connectivity index (χ2n) is 6.87. The summed E-state index contributed by atoms with van der Waals surface area (Å²) in [5.41, 5.74) is 6.90. The topological polar surface area (TPSA) is 95.2 Å². The molecular weight excluding hydrogens is 426 g/mol. The van der Waals surface area contributed by atoms with E-state index in [1.165, 1.54) is 14.2 Å². The maximum Gasteiger partial charge on any atom is 0.262 e. The van der Waals surface area contributed by atoms with E-state index in [0.29, 0.717) is 33.1 Å². The molecule has 0 aromatic heterocycles. The van der Waals surface area contributed by atoms with Crippen molar-refractivity contribution in [2.75, 3.05) is 31.9 Å². The van der Waals surface area contributed by atoms with E-state index in [9.17, 15) is 4.79 Å². The summed E-state index contributed by atoms with van der Waals surface area (Å²) in [5, 5.41) is 3.78. The Balaban J connectivity index is 1.70. The van der Waals surface area contributed by atoms with Crippen LogP contribution in [0.15, 0.2) is 41.4 Å². The van der Waals surface area contributed by atoms with E-state index in [4.69, 9.17) is 31.5 Å². The van der Waals surface area contributed by atoms with Crippen LogP contribution in [0.5, 0.6) is 17.2 Å². The fraction of sp³-hybridized carbons (Fsp3) is 0.333. The molecule has 1 aliphatic heterocycles. The molecule has 3 rings (SSSR count). The lowest BCUT2D eigenvalue weighted by Crippen LogP contribution is -2.28. The summed E-state index contributed by atoms with van der Waals surface area (Å²) in [6.07, 6.45) is 0.873. The summed E-state index contributed by atoms with van der Waals surface area (Å²) in [4.78, 5) is 17.1. The lowest BCUT2D eigenvalue weighted by molar-refractivity contribution is -0.118. The van der Waals surface area contributed by atoms with Crippen molar-refractivity contribution in [1.82, 2.24) is 0 Å². The Kier molecular flexibility index (Phi) is 6.99. The van der Waals surface area contributed by atoms with Gasteiger partial charge in [0.25, 0.3) is 5.91 Å². The highest BCUT2D eigenvalue weighted by molar-refractivity contribution is 8.13. The van der Waals surface area contributed by atoms with Crippen molar-refractivity contribution in [3.63, 3.8) is 0 Å². The number of hydrogen-bond donors (Lipinski definition) is 2. The Hall–Kier alpha value is -2.58. The Labute approximate surface area is 184 Å². The van der Waals surface area contributed by atoms with E-state index >= 15 is 0 Å². The minimum Gasteiger partial charge on any atom is -0.494 e. The zero-order chi connectivity index (χ0) is 21.7. The fourth-order valence-electron chi connectivity index (χ4n) is 3.14. The molecule has 30 heavy (non-hydrogen) atoms. The molecule has 0 saturated carbocycles. The quantitative estimate of drug-likeness (QED) is 0.662. The minimum absolute atomic E-state index is 0.184. The summed E-state index contributed by atoms with van der Waals surface area (Å²) in [6.45, 7) is 1.86. The predicted octanol–water partition coefficient (Wildman–Crippen LogP) is 4.04. The molecule has 0 bridgehead atoms. The maximum atomic E-state index is 12.5. The second kappa shape index (κ2) is 9.49. The molecule has 1 heterocycles. The third-order valence-corrected chi connectivity index (χ3v) is 5.77. The van der Waals surface area contributed by atoms with Crippen LogP contribution in [0.1, 0.15) is 18.9 Å². The largest absolute Gasteiger partial charge is 0.494 e. The Bertz CT molecular complexity index is 944. The van der Waals surface area contributed by atoms with Gasteiger partial charge >= 0.3 is 0 Å². The van der Waals surface area contributed by atoms with Gasteiger partial charge in [0.2, 0.25) is 0 Å². The van der Waals surface area contributed by atoms with E-state index in [1.54, 1.807) is 30.0 Å². The van der Waals surface area contributed by atoms with Gasteiger partial charge < -0.3 is 25.3 Å². The van der Waals surface area contributed by atoms with Crippen LogP contribution in [0.4, 0.5) is 5.69 Å². The van der Waals surface area contributed by atoms with Gasteiger partial charge in [-0.25, -0.2) is 0 Å². The SMILES string of the molecule is COc1cc(Cl)cc(OC)c1NC(=O)COc1cccc(C2(C)CCSC(N)=N2)c1. The van der Waals surface area contributed by atoms with Gasteiger partial charge in [-0.15, -0.1) is 0 Å². The third kappa shape index (κ3) is 5.12. The highest BCUT2D eigenvalue weighted by Gasteiger charge is 2.29. The monoisotopic (exact) mass is 449 g/mol. The number of halogens is 1. The number of nitrogens with zero attached hydrogens (tertiary/aromatic N) is 1. The average Bonchev–Trinajstić information content (AvgIpc) is 2.73. The lowest BCUT2D eigenvalue weighted by atomic mass is 9.90. The van der Waals surface area contributed by atoms with Crippen molar-refractivity contribution >= 4 is 40.1 Å². The minimum atomic E-state index is -0.402. The predicted molar refractivity (Wildman–Crippen MR) is 121 cm³/mol. The summed E-state index contributed by atoms with van der Waals surface area (Å²) in [5.74, 6) is 1.92. The van der Waals surface area contributed by atoms with Crippen molar-refractivity contribution in [2.45, 2.75) is 18.9 Å². The van der Waals surface area contributed by atoms with Crippen molar-refractivity contribution in [2.24, 2.45) is 10.7 Å². The number of aliphatic imine (C=N–C) groups is 1. The first-order valence-corrected chi connectivity index (χ1v) is 10.6. The van der Waals surface area contributed by atoms with Crippen LogP contribution >= 0.6 is 23.4 Å². The fourth-order valence-corrected chi connectivity index (χ4v) is 4.32. The van der Waals surface area contributed by atoms with Crippen molar-refractivity contribution < 1.29 is 19.0 Å². The van der Waals surface area contributed by atoms with E-state index in [0.717, 1.165) is 17.7 Å².